The van der Waals surface area contributed by atoms with Crippen LogP contribution in [-0.4, -0.2) is 25.6 Å². The highest BCUT2D eigenvalue weighted by Crippen LogP contribution is 2.27. The lowest BCUT2D eigenvalue weighted by molar-refractivity contribution is -0.123. The summed E-state index contributed by atoms with van der Waals surface area (Å²) in [6, 6.07) is 7.51. The van der Waals surface area contributed by atoms with Gasteiger partial charge in [0, 0.05) is 18.3 Å². The molecule has 0 radical (unpaired) electrons. The van der Waals surface area contributed by atoms with E-state index < -0.39 is 0 Å². The number of anilines is 1. The number of benzene rings is 1. The van der Waals surface area contributed by atoms with Crippen LogP contribution in [0.3, 0.4) is 0 Å². The molecule has 0 aliphatic carbocycles. The largest absolute Gasteiger partial charge is 0.494 e. The number of carbonyl (C=O) groups excluding carboxylic acids is 1. The van der Waals surface area contributed by atoms with Crippen LogP contribution < -0.4 is 15.4 Å². The van der Waals surface area contributed by atoms with E-state index in [1.807, 2.05) is 38.1 Å². The van der Waals surface area contributed by atoms with E-state index in [0.29, 0.717) is 6.61 Å². The molecule has 1 heterocycles. The summed E-state index contributed by atoms with van der Waals surface area (Å²) in [6.07, 6.45) is 0.879. The highest BCUT2D eigenvalue weighted by molar-refractivity contribution is 5.95. The summed E-state index contributed by atoms with van der Waals surface area (Å²) in [6.45, 7) is 6.21. The molecular weight excluding hydrogens is 228 g/mol. The van der Waals surface area contributed by atoms with E-state index >= 15 is 0 Å². The van der Waals surface area contributed by atoms with Crippen LogP contribution in [0.4, 0.5) is 5.69 Å². The van der Waals surface area contributed by atoms with Crippen LogP contribution in [0.15, 0.2) is 24.3 Å². The zero-order chi connectivity index (χ0) is 13.0. The van der Waals surface area contributed by atoms with Gasteiger partial charge in [0.2, 0.25) is 5.91 Å². The Morgan fingerprint density at radius 2 is 2.39 bits per heavy atom. The summed E-state index contributed by atoms with van der Waals surface area (Å²) in [5.41, 5.74) is 0.487. The van der Waals surface area contributed by atoms with Gasteiger partial charge in [0.05, 0.1) is 12.0 Å². The molecule has 1 amide bonds. The van der Waals surface area contributed by atoms with Crippen molar-refractivity contribution in [3.05, 3.63) is 24.3 Å². The van der Waals surface area contributed by atoms with Gasteiger partial charge in [-0.15, -0.1) is 0 Å². The average Bonchev–Trinajstić information content (AvgIpc) is 2.78. The quantitative estimate of drug-likeness (QED) is 0.857. The van der Waals surface area contributed by atoms with Crippen molar-refractivity contribution in [2.45, 2.75) is 20.3 Å². The highest BCUT2D eigenvalue weighted by atomic mass is 16.5. The van der Waals surface area contributed by atoms with Crippen molar-refractivity contribution in [1.82, 2.24) is 5.32 Å². The molecule has 98 valence electrons. The lowest BCUT2D eigenvalue weighted by Crippen LogP contribution is -2.35. The Bertz CT molecular complexity index is 426. The van der Waals surface area contributed by atoms with Crippen molar-refractivity contribution in [2.24, 2.45) is 5.41 Å². The molecule has 1 aliphatic heterocycles. The van der Waals surface area contributed by atoms with E-state index in [0.717, 1.165) is 30.9 Å². The first-order chi connectivity index (χ1) is 8.64. The molecule has 2 N–H and O–H groups in total. The second-order valence-corrected chi connectivity index (χ2v) is 4.90. The van der Waals surface area contributed by atoms with Crippen molar-refractivity contribution in [2.75, 3.05) is 25.0 Å². The predicted molar refractivity (Wildman–Crippen MR) is 71.8 cm³/mol. The Balaban J connectivity index is 2.04. The molecule has 4 heteroatoms. The van der Waals surface area contributed by atoms with Gasteiger partial charge < -0.3 is 15.4 Å². The van der Waals surface area contributed by atoms with Crippen molar-refractivity contribution >= 4 is 11.6 Å². The fraction of sp³-hybridized carbons (Fsp3) is 0.500. The predicted octanol–water partition coefficient (Wildman–Crippen LogP) is 2.02. The third kappa shape index (κ3) is 2.82. The van der Waals surface area contributed by atoms with Gasteiger partial charge in [-0.05, 0) is 38.9 Å². The molecule has 1 saturated heterocycles. The van der Waals surface area contributed by atoms with Gasteiger partial charge in [-0.25, -0.2) is 0 Å². The summed E-state index contributed by atoms with van der Waals surface area (Å²) >= 11 is 0. The first-order valence-corrected chi connectivity index (χ1v) is 6.39. The van der Waals surface area contributed by atoms with Crippen LogP contribution in [0.5, 0.6) is 5.75 Å². The van der Waals surface area contributed by atoms with E-state index in [-0.39, 0.29) is 11.3 Å². The maximum atomic E-state index is 12.2. The molecule has 1 aromatic rings. The van der Waals surface area contributed by atoms with Crippen molar-refractivity contribution in [1.29, 1.82) is 0 Å². The first kappa shape index (κ1) is 12.9. The highest BCUT2D eigenvalue weighted by Gasteiger charge is 2.36. The maximum absolute atomic E-state index is 12.2. The minimum atomic E-state index is -0.304. The zero-order valence-electron chi connectivity index (χ0n) is 11.0. The molecule has 1 fully saturated rings. The molecule has 18 heavy (non-hydrogen) atoms. The molecule has 0 spiro atoms. The van der Waals surface area contributed by atoms with Gasteiger partial charge in [0.15, 0.2) is 0 Å². The Labute approximate surface area is 108 Å². The number of nitrogens with one attached hydrogen (secondary N) is 2. The molecule has 0 bridgehead atoms. The van der Waals surface area contributed by atoms with E-state index in [4.69, 9.17) is 4.74 Å². The summed E-state index contributed by atoms with van der Waals surface area (Å²) in [5, 5.41) is 6.19. The number of hydrogen-bond acceptors (Lipinski definition) is 3. The fourth-order valence-corrected chi connectivity index (χ4v) is 2.12. The van der Waals surface area contributed by atoms with E-state index in [1.54, 1.807) is 0 Å². The number of ether oxygens (including phenoxy) is 1. The van der Waals surface area contributed by atoms with E-state index in [2.05, 4.69) is 10.6 Å². The minimum absolute atomic E-state index is 0.0705. The average molecular weight is 248 g/mol. The second kappa shape index (κ2) is 5.40. The Hall–Kier alpha value is -1.55. The lowest BCUT2D eigenvalue weighted by Gasteiger charge is -2.21. The number of carbonyl (C=O) groups is 1. The molecule has 1 atom stereocenters. The van der Waals surface area contributed by atoms with Gasteiger partial charge >= 0.3 is 0 Å². The molecule has 0 aromatic heterocycles. The number of hydrogen-bond donors (Lipinski definition) is 2. The standard InChI is InChI=1S/C14H20N2O2/c1-3-18-12-6-4-5-11(9-12)16-13(17)14(2)7-8-15-10-14/h4-6,9,15H,3,7-8,10H2,1-2H3,(H,16,17). The molecule has 1 aliphatic rings. The van der Waals surface area contributed by atoms with Crippen LogP contribution >= 0.6 is 0 Å². The van der Waals surface area contributed by atoms with Crippen LogP contribution in [0.2, 0.25) is 0 Å². The SMILES string of the molecule is CCOc1cccc(NC(=O)C2(C)CCNC2)c1. The van der Waals surface area contributed by atoms with Crippen LogP contribution in [0.1, 0.15) is 20.3 Å². The van der Waals surface area contributed by atoms with Crippen LogP contribution in [0, 0.1) is 5.41 Å². The van der Waals surface area contributed by atoms with Gasteiger partial charge in [-0.3, -0.25) is 4.79 Å². The Morgan fingerprint density at radius 1 is 1.56 bits per heavy atom. The monoisotopic (exact) mass is 248 g/mol. The van der Waals surface area contributed by atoms with Crippen molar-refractivity contribution in [3.63, 3.8) is 0 Å². The Morgan fingerprint density at radius 3 is 3.06 bits per heavy atom. The van der Waals surface area contributed by atoms with Gasteiger partial charge in [-0.1, -0.05) is 6.07 Å². The van der Waals surface area contributed by atoms with Crippen LogP contribution in [0.25, 0.3) is 0 Å². The maximum Gasteiger partial charge on any atom is 0.231 e. The topological polar surface area (TPSA) is 50.4 Å². The Kier molecular flexibility index (Phi) is 3.87. The third-order valence-corrected chi connectivity index (χ3v) is 3.32. The summed E-state index contributed by atoms with van der Waals surface area (Å²) < 4.78 is 5.42. The van der Waals surface area contributed by atoms with Crippen molar-refractivity contribution in [3.8, 4) is 5.75 Å². The molecule has 4 nitrogen and oxygen atoms in total. The second-order valence-electron chi connectivity index (χ2n) is 4.90. The van der Waals surface area contributed by atoms with Gasteiger partial charge in [0.1, 0.15) is 5.75 Å². The summed E-state index contributed by atoms with van der Waals surface area (Å²) in [4.78, 5) is 12.2. The fourth-order valence-electron chi connectivity index (χ4n) is 2.12. The summed E-state index contributed by atoms with van der Waals surface area (Å²) in [7, 11) is 0. The van der Waals surface area contributed by atoms with Crippen LogP contribution in [-0.2, 0) is 4.79 Å². The van der Waals surface area contributed by atoms with Gasteiger partial charge in [0.25, 0.3) is 0 Å². The lowest BCUT2D eigenvalue weighted by atomic mass is 9.89. The molecule has 0 saturated carbocycles. The summed E-state index contributed by atoms with van der Waals surface area (Å²) in [5.74, 6) is 0.853. The minimum Gasteiger partial charge on any atom is -0.494 e. The van der Waals surface area contributed by atoms with E-state index in [9.17, 15) is 4.79 Å². The normalized spacial score (nSPS) is 22.8. The first-order valence-electron chi connectivity index (χ1n) is 6.39. The number of amides is 1. The smallest absolute Gasteiger partial charge is 0.231 e. The van der Waals surface area contributed by atoms with Gasteiger partial charge in [-0.2, -0.15) is 0 Å². The third-order valence-electron chi connectivity index (χ3n) is 3.32. The molecule has 2 rings (SSSR count). The van der Waals surface area contributed by atoms with Crippen molar-refractivity contribution < 1.29 is 9.53 Å². The van der Waals surface area contributed by atoms with E-state index in [1.165, 1.54) is 0 Å². The molecule has 1 aromatic carbocycles. The molecular formula is C14H20N2O2. The molecule has 1 unspecified atom stereocenters. The number of rotatable bonds is 4. The zero-order valence-corrected chi connectivity index (χ0v) is 11.0.